The molecule has 0 radical (unpaired) electrons. The molecule has 6 nitrogen and oxygen atoms in total. The van der Waals surface area contributed by atoms with Crippen molar-refractivity contribution < 1.29 is 14.8 Å². The summed E-state index contributed by atoms with van der Waals surface area (Å²) in [6.07, 6.45) is 3.04. The zero-order valence-electron chi connectivity index (χ0n) is 9.93. The molecule has 1 heterocycles. The Morgan fingerprint density at radius 1 is 1.41 bits per heavy atom. The van der Waals surface area contributed by atoms with Gasteiger partial charge in [0.2, 0.25) is 0 Å². The molecule has 0 atom stereocenters. The van der Waals surface area contributed by atoms with Crippen molar-refractivity contribution in [1.29, 1.82) is 0 Å². The highest BCUT2D eigenvalue weighted by atomic mass is 16.5. The Kier molecular flexibility index (Phi) is 8.46. The molecule has 17 heavy (non-hydrogen) atoms. The van der Waals surface area contributed by atoms with Gasteiger partial charge in [0, 0.05) is 19.4 Å². The van der Waals surface area contributed by atoms with Gasteiger partial charge in [0.05, 0.1) is 12.6 Å². The van der Waals surface area contributed by atoms with E-state index in [1.807, 2.05) is 13.0 Å². The smallest absolute Gasteiger partial charge is 0.253 e. The standard InChI is InChI=1S/C7H12N2.C4H5NO3/c1-3-5-6-9-7-8-4-2;6-3-1-2-4(7)5(3)8/h3H,1,4-6H2,2H3;8H,1-2H2. The van der Waals surface area contributed by atoms with E-state index >= 15 is 0 Å². The topological polar surface area (TPSA) is 82.3 Å². The third kappa shape index (κ3) is 7.16. The average Bonchev–Trinajstić information content (AvgIpc) is 2.61. The van der Waals surface area contributed by atoms with E-state index in [0.717, 1.165) is 19.5 Å². The Bertz CT molecular complexity index is 317. The fourth-order valence-corrected chi connectivity index (χ4v) is 0.891. The van der Waals surface area contributed by atoms with Crippen molar-refractivity contribution in [1.82, 2.24) is 5.06 Å². The Hall–Kier alpha value is -1.78. The van der Waals surface area contributed by atoms with Crippen LogP contribution in [0.3, 0.4) is 0 Å². The summed E-state index contributed by atoms with van der Waals surface area (Å²) in [5, 5.41) is 8.57. The number of carbonyl (C=O) groups is 2. The molecule has 0 aromatic carbocycles. The van der Waals surface area contributed by atoms with Crippen LogP contribution >= 0.6 is 0 Å². The summed E-state index contributed by atoms with van der Waals surface area (Å²) in [4.78, 5) is 28.1. The van der Waals surface area contributed by atoms with Gasteiger partial charge in [-0.2, -0.15) is 5.06 Å². The van der Waals surface area contributed by atoms with Gasteiger partial charge in [-0.15, -0.1) is 6.58 Å². The van der Waals surface area contributed by atoms with Gasteiger partial charge in [-0.3, -0.25) is 14.8 Å². The van der Waals surface area contributed by atoms with Crippen LogP contribution < -0.4 is 0 Å². The number of hydroxylamine groups is 2. The van der Waals surface area contributed by atoms with Crippen LogP contribution in [0.2, 0.25) is 0 Å². The molecule has 0 saturated carbocycles. The van der Waals surface area contributed by atoms with Gasteiger partial charge in [-0.25, -0.2) is 9.98 Å². The molecule has 0 spiro atoms. The highest BCUT2D eigenvalue weighted by Crippen LogP contribution is 2.06. The number of carbonyl (C=O) groups excluding carboxylic acids is 2. The lowest BCUT2D eigenvalue weighted by Crippen LogP contribution is -2.24. The molecule has 0 aliphatic carbocycles. The minimum absolute atomic E-state index is 0.148. The molecule has 1 N–H and O–H groups in total. The maximum absolute atomic E-state index is 10.2. The van der Waals surface area contributed by atoms with E-state index in [0.29, 0.717) is 0 Å². The fourth-order valence-electron chi connectivity index (χ4n) is 0.891. The fraction of sp³-hybridized carbons (Fsp3) is 0.545. The molecular formula is C11H17N3O3. The van der Waals surface area contributed by atoms with Crippen LogP contribution in [0.5, 0.6) is 0 Å². The van der Waals surface area contributed by atoms with Crippen molar-refractivity contribution in [3.05, 3.63) is 12.7 Å². The molecule has 1 fully saturated rings. The maximum Gasteiger partial charge on any atom is 0.253 e. The van der Waals surface area contributed by atoms with Crippen LogP contribution in [0.4, 0.5) is 0 Å². The highest BCUT2D eigenvalue weighted by Gasteiger charge is 2.26. The largest absolute Gasteiger partial charge is 0.279 e. The number of hydrogen-bond donors (Lipinski definition) is 1. The Morgan fingerprint density at radius 2 is 2.00 bits per heavy atom. The number of hydrogen-bond acceptors (Lipinski definition) is 5. The van der Waals surface area contributed by atoms with E-state index in [1.165, 1.54) is 0 Å². The second kappa shape index (κ2) is 9.45. The SMILES string of the molecule is C=CCCN=C=NCC.O=C1CCC(=O)N1O. The van der Waals surface area contributed by atoms with Crippen molar-refractivity contribution in [3.63, 3.8) is 0 Å². The van der Waals surface area contributed by atoms with Crippen LogP contribution in [0.15, 0.2) is 22.6 Å². The van der Waals surface area contributed by atoms with Gasteiger partial charge in [0.1, 0.15) is 0 Å². The molecule has 1 aliphatic heterocycles. The molecule has 1 aliphatic rings. The molecule has 94 valence electrons. The minimum atomic E-state index is -0.505. The van der Waals surface area contributed by atoms with Crippen LogP contribution in [0.25, 0.3) is 0 Å². The first-order valence-electron chi connectivity index (χ1n) is 5.37. The van der Waals surface area contributed by atoms with E-state index in [2.05, 4.69) is 22.6 Å². The lowest BCUT2D eigenvalue weighted by atomic mass is 10.4. The molecule has 1 saturated heterocycles. The molecule has 1 rings (SSSR count). The maximum atomic E-state index is 10.2. The third-order valence-electron chi connectivity index (χ3n) is 1.77. The second-order valence-corrected chi connectivity index (χ2v) is 3.13. The van der Waals surface area contributed by atoms with Crippen LogP contribution in [-0.4, -0.2) is 41.2 Å². The summed E-state index contributed by atoms with van der Waals surface area (Å²) in [6, 6.07) is 2.57. The van der Waals surface area contributed by atoms with E-state index in [9.17, 15) is 9.59 Å². The van der Waals surface area contributed by atoms with E-state index < -0.39 is 11.8 Å². The van der Waals surface area contributed by atoms with Gasteiger partial charge in [0.15, 0.2) is 0 Å². The third-order valence-corrected chi connectivity index (χ3v) is 1.77. The van der Waals surface area contributed by atoms with E-state index in [4.69, 9.17) is 5.21 Å². The van der Waals surface area contributed by atoms with Crippen molar-refractivity contribution in [2.24, 2.45) is 9.98 Å². The average molecular weight is 239 g/mol. The van der Waals surface area contributed by atoms with Crippen molar-refractivity contribution in [2.45, 2.75) is 26.2 Å². The van der Waals surface area contributed by atoms with E-state index in [1.54, 1.807) is 0 Å². The molecule has 2 amide bonds. The highest BCUT2D eigenvalue weighted by molar-refractivity contribution is 6.00. The number of nitrogens with zero attached hydrogens (tertiary/aromatic N) is 3. The zero-order valence-corrected chi connectivity index (χ0v) is 9.93. The summed E-state index contributed by atoms with van der Waals surface area (Å²) >= 11 is 0. The van der Waals surface area contributed by atoms with Crippen molar-refractivity contribution in [3.8, 4) is 0 Å². The second-order valence-electron chi connectivity index (χ2n) is 3.13. The zero-order chi connectivity index (χ0) is 13.1. The number of amides is 2. The number of aliphatic imine (C=N–C) groups is 2. The first-order chi connectivity index (χ1) is 8.13. The van der Waals surface area contributed by atoms with Gasteiger partial charge < -0.3 is 0 Å². The molecule has 0 unspecified atom stereocenters. The molecular weight excluding hydrogens is 222 g/mol. The van der Waals surface area contributed by atoms with Crippen LogP contribution in [0.1, 0.15) is 26.2 Å². The summed E-state index contributed by atoms with van der Waals surface area (Å²) in [5.41, 5.74) is 0. The molecule has 6 heteroatoms. The summed E-state index contributed by atoms with van der Waals surface area (Å²) in [6.45, 7) is 7.03. The van der Waals surface area contributed by atoms with Gasteiger partial charge in [-0.05, 0) is 13.3 Å². The quantitative estimate of drug-likeness (QED) is 0.264. The number of imide groups is 1. The molecule has 0 bridgehead atoms. The Morgan fingerprint density at radius 3 is 2.35 bits per heavy atom. The first kappa shape index (κ1) is 15.2. The summed E-state index contributed by atoms with van der Waals surface area (Å²) in [5.74, 6) is -1.01. The van der Waals surface area contributed by atoms with Crippen molar-refractivity contribution in [2.75, 3.05) is 13.1 Å². The predicted octanol–water partition coefficient (Wildman–Crippen LogP) is 1.28. The number of rotatable bonds is 4. The first-order valence-corrected chi connectivity index (χ1v) is 5.37. The summed E-state index contributed by atoms with van der Waals surface area (Å²) in [7, 11) is 0. The van der Waals surface area contributed by atoms with Gasteiger partial charge >= 0.3 is 0 Å². The lowest BCUT2D eigenvalue weighted by molar-refractivity contribution is -0.171. The van der Waals surface area contributed by atoms with E-state index in [-0.39, 0.29) is 17.9 Å². The minimum Gasteiger partial charge on any atom is -0.279 e. The van der Waals surface area contributed by atoms with Crippen LogP contribution in [-0.2, 0) is 9.59 Å². The molecule has 0 aromatic heterocycles. The van der Waals surface area contributed by atoms with Crippen molar-refractivity contribution >= 4 is 17.8 Å². The predicted molar refractivity (Wildman–Crippen MR) is 63.0 cm³/mol. The summed E-state index contributed by atoms with van der Waals surface area (Å²) < 4.78 is 0. The Labute approximate surface area is 100 Å². The van der Waals surface area contributed by atoms with Gasteiger partial charge in [0.25, 0.3) is 11.8 Å². The monoisotopic (exact) mass is 239 g/mol. The van der Waals surface area contributed by atoms with Crippen LogP contribution in [0, 0.1) is 0 Å². The molecule has 0 aromatic rings. The van der Waals surface area contributed by atoms with Gasteiger partial charge in [-0.1, -0.05) is 6.08 Å². The lowest BCUT2D eigenvalue weighted by Gasteiger charge is -1.98. The normalized spacial score (nSPS) is 13.6. The Balaban J connectivity index is 0.000000302.